The maximum atomic E-state index is 13.4. The third-order valence-corrected chi connectivity index (χ3v) is 5.50. The maximum absolute atomic E-state index is 13.4. The zero-order valence-corrected chi connectivity index (χ0v) is 18.2. The van der Waals surface area contributed by atoms with Gasteiger partial charge in [-0.3, -0.25) is 4.79 Å². The molecule has 0 atom stereocenters. The molecular weight excluding hydrogens is 408 g/mol. The largest absolute Gasteiger partial charge is 0.457 e. The van der Waals surface area contributed by atoms with E-state index in [0.29, 0.717) is 17.0 Å². The molecule has 0 aliphatic rings. The first-order chi connectivity index (χ1) is 16.2. The van der Waals surface area contributed by atoms with Gasteiger partial charge in [0.05, 0.1) is 16.8 Å². The molecular formula is C29H22N2O2. The number of carbonyl (C=O) groups excluding carboxylic acids is 1. The molecule has 1 N–H and O–H groups in total. The molecule has 0 fully saturated rings. The number of benzene rings is 4. The zero-order valence-electron chi connectivity index (χ0n) is 18.2. The third kappa shape index (κ3) is 4.32. The second-order valence-electron chi connectivity index (χ2n) is 7.74. The Balaban J connectivity index is 1.46. The standard InChI is InChI=1S/C29H22N2O2/c1-20-27(25-14-8-9-15-26(25)31-28(20)21-10-4-2-5-11-21)29(32)30-22-16-18-24(19-17-22)33-23-12-6-3-7-13-23/h2-19H,1H3,(H,30,32). The molecule has 1 amide bonds. The number of hydrogen-bond donors (Lipinski definition) is 1. The molecule has 0 aliphatic carbocycles. The van der Waals surface area contributed by atoms with E-state index in [4.69, 9.17) is 9.72 Å². The van der Waals surface area contributed by atoms with E-state index in [2.05, 4.69) is 5.32 Å². The fourth-order valence-corrected chi connectivity index (χ4v) is 3.90. The Bertz CT molecular complexity index is 1410. The minimum atomic E-state index is -0.167. The SMILES string of the molecule is Cc1c(-c2ccccc2)nc2ccccc2c1C(=O)Nc1ccc(Oc2ccccc2)cc1. The van der Waals surface area contributed by atoms with E-state index in [1.807, 2.05) is 116 Å². The lowest BCUT2D eigenvalue weighted by Gasteiger charge is -2.15. The first-order valence-electron chi connectivity index (χ1n) is 10.8. The normalized spacial score (nSPS) is 10.7. The van der Waals surface area contributed by atoms with Crippen LogP contribution in [0.25, 0.3) is 22.2 Å². The van der Waals surface area contributed by atoms with Crippen molar-refractivity contribution in [3.05, 3.63) is 120 Å². The van der Waals surface area contributed by atoms with Gasteiger partial charge in [0, 0.05) is 16.6 Å². The van der Waals surface area contributed by atoms with E-state index < -0.39 is 0 Å². The number of carbonyl (C=O) groups is 1. The van der Waals surface area contributed by atoms with Crippen molar-refractivity contribution in [2.45, 2.75) is 6.92 Å². The molecule has 5 rings (SSSR count). The summed E-state index contributed by atoms with van der Waals surface area (Å²) in [7, 11) is 0. The summed E-state index contributed by atoms with van der Waals surface area (Å²) in [6.07, 6.45) is 0. The average molecular weight is 431 g/mol. The number of pyridine rings is 1. The van der Waals surface area contributed by atoms with E-state index in [-0.39, 0.29) is 5.91 Å². The molecule has 4 aromatic carbocycles. The van der Waals surface area contributed by atoms with Crippen molar-refractivity contribution < 1.29 is 9.53 Å². The molecule has 4 nitrogen and oxygen atoms in total. The Kier molecular flexibility index (Phi) is 5.56. The second kappa shape index (κ2) is 8.97. The Hall–Kier alpha value is -4.44. The van der Waals surface area contributed by atoms with E-state index >= 15 is 0 Å². The Labute approximate surface area is 192 Å². The summed E-state index contributed by atoms with van der Waals surface area (Å²) in [6.45, 7) is 1.95. The highest BCUT2D eigenvalue weighted by Crippen LogP contribution is 2.30. The molecule has 160 valence electrons. The Morgan fingerprint density at radius 3 is 2.06 bits per heavy atom. The highest BCUT2D eigenvalue weighted by molar-refractivity contribution is 6.14. The van der Waals surface area contributed by atoms with E-state index in [9.17, 15) is 4.79 Å². The lowest BCUT2D eigenvalue weighted by Crippen LogP contribution is -2.15. The molecule has 5 aromatic rings. The van der Waals surface area contributed by atoms with Gasteiger partial charge < -0.3 is 10.1 Å². The summed E-state index contributed by atoms with van der Waals surface area (Å²) < 4.78 is 5.84. The van der Waals surface area contributed by atoms with E-state index in [1.165, 1.54) is 0 Å². The van der Waals surface area contributed by atoms with Gasteiger partial charge in [-0.05, 0) is 55.0 Å². The van der Waals surface area contributed by atoms with Gasteiger partial charge in [0.1, 0.15) is 11.5 Å². The van der Waals surface area contributed by atoms with Crippen molar-refractivity contribution in [2.75, 3.05) is 5.32 Å². The molecule has 0 spiro atoms. The van der Waals surface area contributed by atoms with Gasteiger partial charge in [-0.2, -0.15) is 0 Å². The molecule has 0 saturated heterocycles. The molecule has 0 radical (unpaired) electrons. The number of anilines is 1. The number of amides is 1. The number of nitrogens with one attached hydrogen (secondary N) is 1. The van der Waals surface area contributed by atoms with Crippen LogP contribution in [0.3, 0.4) is 0 Å². The minimum Gasteiger partial charge on any atom is -0.457 e. The predicted molar refractivity (Wildman–Crippen MR) is 133 cm³/mol. The highest BCUT2D eigenvalue weighted by atomic mass is 16.5. The predicted octanol–water partition coefficient (Wildman–Crippen LogP) is 7.25. The van der Waals surface area contributed by atoms with Crippen LogP contribution in [0, 0.1) is 6.92 Å². The van der Waals surface area contributed by atoms with Crippen LogP contribution in [0.1, 0.15) is 15.9 Å². The highest BCUT2D eigenvalue weighted by Gasteiger charge is 2.19. The van der Waals surface area contributed by atoms with Crippen LogP contribution in [0.5, 0.6) is 11.5 Å². The third-order valence-electron chi connectivity index (χ3n) is 5.50. The van der Waals surface area contributed by atoms with Crippen molar-refractivity contribution in [1.82, 2.24) is 4.98 Å². The summed E-state index contributed by atoms with van der Waals surface area (Å²) in [5, 5.41) is 3.87. The van der Waals surface area contributed by atoms with E-state index in [1.54, 1.807) is 0 Å². The van der Waals surface area contributed by atoms with Gasteiger partial charge in [0.15, 0.2) is 0 Å². The fraction of sp³-hybridized carbons (Fsp3) is 0.0345. The number of aromatic nitrogens is 1. The molecule has 1 aromatic heterocycles. The number of para-hydroxylation sites is 2. The van der Waals surface area contributed by atoms with Crippen LogP contribution < -0.4 is 10.1 Å². The van der Waals surface area contributed by atoms with Crippen molar-refractivity contribution in [1.29, 1.82) is 0 Å². The van der Waals surface area contributed by atoms with Gasteiger partial charge >= 0.3 is 0 Å². The number of fused-ring (bicyclic) bond motifs is 1. The van der Waals surface area contributed by atoms with E-state index in [0.717, 1.165) is 33.5 Å². The van der Waals surface area contributed by atoms with Crippen molar-refractivity contribution in [3.63, 3.8) is 0 Å². The lowest BCUT2D eigenvalue weighted by molar-refractivity contribution is 0.102. The molecule has 0 unspecified atom stereocenters. The smallest absolute Gasteiger partial charge is 0.256 e. The maximum Gasteiger partial charge on any atom is 0.256 e. The summed E-state index contributed by atoms with van der Waals surface area (Å²) >= 11 is 0. The molecule has 4 heteroatoms. The molecule has 1 heterocycles. The summed E-state index contributed by atoms with van der Waals surface area (Å²) in [6, 6.07) is 34.7. The van der Waals surface area contributed by atoms with Crippen molar-refractivity contribution in [3.8, 4) is 22.8 Å². The quantitative estimate of drug-likeness (QED) is 0.319. The average Bonchev–Trinajstić information content (AvgIpc) is 2.86. The van der Waals surface area contributed by atoms with Crippen LogP contribution in [0.4, 0.5) is 5.69 Å². The van der Waals surface area contributed by atoms with Crippen LogP contribution in [0.15, 0.2) is 109 Å². The molecule has 33 heavy (non-hydrogen) atoms. The first kappa shape index (κ1) is 20.5. The van der Waals surface area contributed by atoms with Crippen LogP contribution in [-0.4, -0.2) is 10.9 Å². The Morgan fingerprint density at radius 1 is 0.727 bits per heavy atom. The summed E-state index contributed by atoms with van der Waals surface area (Å²) in [5.74, 6) is 1.30. The van der Waals surface area contributed by atoms with Crippen LogP contribution in [0.2, 0.25) is 0 Å². The number of ether oxygens (including phenoxy) is 1. The van der Waals surface area contributed by atoms with Gasteiger partial charge in [0.2, 0.25) is 0 Å². The zero-order chi connectivity index (χ0) is 22.6. The summed E-state index contributed by atoms with van der Waals surface area (Å²) in [5.41, 5.74) is 4.76. The molecule has 0 aliphatic heterocycles. The van der Waals surface area contributed by atoms with Gasteiger partial charge in [-0.15, -0.1) is 0 Å². The number of nitrogens with zero attached hydrogens (tertiary/aromatic N) is 1. The summed E-state index contributed by atoms with van der Waals surface area (Å²) in [4.78, 5) is 18.3. The number of hydrogen-bond acceptors (Lipinski definition) is 3. The van der Waals surface area contributed by atoms with Gasteiger partial charge in [-0.1, -0.05) is 66.7 Å². The van der Waals surface area contributed by atoms with Gasteiger partial charge in [-0.25, -0.2) is 4.98 Å². The number of rotatable bonds is 5. The minimum absolute atomic E-state index is 0.167. The fourth-order valence-electron chi connectivity index (χ4n) is 3.90. The molecule has 0 bridgehead atoms. The molecule has 0 saturated carbocycles. The topological polar surface area (TPSA) is 51.2 Å². The lowest BCUT2D eigenvalue weighted by atomic mass is 9.97. The monoisotopic (exact) mass is 430 g/mol. The first-order valence-corrected chi connectivity index (χ1v) is 10.8. The van der Waals surface area contributed by atoms with Crippen LogP contribution in [-0.2, 0) is 0 Å². The van der Waals surface area contributed by atoms with Gasteiger partial charge in [0.25, 0.3) is 5.91 Å². The van der Waals surface area contributed by atoms with Crippen LogP contribution >= 0.6 is 0 Å². The van der Waals surface area contributed by atoms with Crippen molar-refractivity contribution in [2.24, 2.45) is 0 Å². The van der Waals surface area contributed by atoms with Crippen molar-refractivity contribution >= 4 is 22.5 Å². The second-order valence-corrected chi connectivity index (χ2v) is 7.74. The Morgan fingerprint density at radius 2 is 1.33 bits per heavy atom.